The molecule has 0 fully saturated rings. The third-order valence-electron chi connectivity index (χ3n) is 3.00. The topological polar surface area (TPSA) is 78.9 Å². The molecule has 0 aliphatic carbocycles. The molecule has 0 aliphatic rings. The predicted molar refractivity (Wildman–Crippen MR) is 71.0 cm³/mol. The minimum absolute atomic E-state index is 0.0572. The van der Waals surface area contributed by atoms with Gasteiger partial charge < -0.3 is 10.1 Å². The minimum atomic E-state index is -1.09. The van der Waals surface area contributed by atoms with Crippen LogP contribution in [-0.2, 0) is 0 Å². The summed E-state index contributed by atoms with van der Waals surface area (Å²) in [4.78, 5) is 22.1. The highest BCUT2D eigenvalue weighted by atomic mass is 19.1. The van der Waals surface area contributed by atoms with Crippen LogP contribution in [0.3, 0.4) is 0 Å². The van der Waals surface area contributed by atoms with Crippen molar-refractivity contribution in [2.45, 2.75) is 6.92 Å². The van der Waals surface area contributed by atoms with Crippen molar-refractivity contribution in [2.24, 2.45) is 0 Å². The summed E-state index contributed by atoms with van der Waals surface area (Å²) in [6.07, 6.45) is 1.36. The lowest BCUT2D eigenvalue weighted by Gasteiger charge is -2.00. The number of benzene rings is 1. The van der Waals surface area contributed by atoms with Gasteiger partial charge in [0.1, 0.15) is 11.6 Å². The Hall–Kier alpha value is -2.76. The molecule has 0 atom stereocenters. The van der Waals surface area contributed by atoms with E-state index in [1.54, 1.807) is 12.1 Å². The predicted octanol–water partition coefficient (Wildman–Crippen LogP) is 2.77. The molecular formula is C14H10FN3O2. The van der Waals surface area contributed by atoms with Crippen molar-refractivity contribution < 1.29 is 14.3 Å². The molecule has 6 heteroatoms. The van der Waals surface area contributed by atoms with Gasteiger partial charge in [-0.25, -0.2) is 19.2 Å². The number of H-pyrrole nitrogens is 1. The van der Waals surface area contributed by atoms with Crippen LogP contribution in [0.1, 0.15) is 15.9 Å². The monoisotopic (exact) mass is 271 g/mol. The Morgan fingerprint density at radius 2 is 2.15 bits per heavy atom. The summed E-state index contributed by atoms with van der Waals surface area (Å²) in [6, 6.07) is 6.03. The van der Waals surface area contributed by atoms with E-state index < -0.39 is 11.8 Å². The van der Waals surface area contributed by atoms with Gasteiger partial charge in [-0.2, -0.15) is 0 Å². The van der Waals surface area contributed by atoms with Crippen molar-refractivity contribution in [3.05, 3.63) is 47.4 Å². The maximum Gasteiger partial charge on any atom is 0.338 e. The molecule has 0 spiro atoms. The van der Waals surface area contributed by atoms with Gasteiger partial charge in [-0.1, -0.05) is 11.6 Å². The number of pyridine rings is 1. The summed E-state index contributed by atoms with van der Waals surface area (Å²) in [5.41, 5.74) is 1.77. The summed E-state index contributed by atoms with van der Waals surface area (Å²) in [5.74, 6) is -1.24. The molecule has 2 N–H and O–H groups in total. The second kappa shape index (κ2) is 4.41. The molecule has 0 amide bonds. The van der Waals surface area contributed by atoms with Gasteiger partial charge in [0.05, 0.1) is 16.6 Å². The first-order valence-electron chi connectivity index (χ1n) is 5.91. The zero-order valence-corrected chi connectivity index (χ0v) is 10.5. The van der Waals surface area contributed by atoms with E-state index >= 15 is 0 Å². The Labute approximate surface area is 113 Å². The third kappa shape index (κ3) is 1.91. The lowest BCUT2D eigenvalue weighted by Crippen LogP contribution is -1.97. The van der Waals surface area contributed by atoms with Crippen molar-refractivity contribution in [2.75, 3.05) is 0 Å². The maximum absolute atomic E-state index is 13.8. The van der Waals surface area contributed by atoms with E-state index in [2.05, 4.69) is 15.0 Å². The first-order chi connectivity index (χ1) is 9.56. The van der Waals surface area contributed by atoms with Crippen molar-refractivity contribution >= 4 is 17.1 Å². The number of hydrogen-bond acceptors (Lipinski definition) is 3. The highest BCUT2D eigenvalue weighted by Gasteiger charge is 2.15. The van der Waals surface area contributed by atoms with Gasteiger partial charge in [-0.05, 0) is 25.1 Å². The number of aromatic amines is 1. The van der Waals surface area contributed by atoms with E-state index in [1.165, 1.54) is 18.3 Å². The van der Waals surface area contributed by atoms with Crippen LogP contribution in [0.4, 0.5) is 4.39 Å². The molecule has 3 aromatic rings. The quantitative estimate of drug-likeness (QED) is 0.751. The largest absolute Gasteiger partial charge is 0.478 e. The van der Waals surface area contributed by atoms with Crippen LogP contribution in [0.2, 0.25) is 0 Å². The third-order valence-corrected chi connectivity index (χ3v) is 3.00. The zero-order valence-electron chi connectivity index (χ0n) is 10.5. The number of rotatable bonds is 2. The number of aromatic nitrogens is 3. The molecule has 0 bridgehead atoms. The normalized spacial score (nSPS) is 10.9. The average molecular weight is 271 g/mol. The zero-order chi connectivity index (χ0) is 14.3. The van der Waals surface area contributed by atoms with Crippen LogP contribution in [-0.4, -0.2) is 26.0 Å². The first-order valence-corrected chi connectivity index (χ1v) is 5.91. The summed E-state index contributed by atoms with van der Waals surface area (Å²) in [6.45, 7) is 1.84. The molecule has 0 radical (unpaired) electrons. The smallest absolute Gasteiger partial charge is 0.338 e. The van der Waals surface area contributed by atoms with Crippen molar-refractivity contribution in [3.8, 4) is 11.4 Å². The number of hydrogen-bond donors (Lipinski definition) is 2. The van der Waals surface area contributed by atoms with Crippen LogP contribution in [0.25, 0.3) is 22.6 Å². The standard InChI is InChI=1S/C14H10FN3O2/c1-7-2-3-10(15)9(6-7)12-17-11-8(14(19)20)4-5-16-13(11)18-12/h2-6H,1H3,(H,19,20)(H,16,17,18). The number of fused-ring (bicyclic) bond motifs is 1. The lowest BCUT2D eigenvalue weighted by atomic mass is 10.1. The van der Waals surface area contributed by atoms with Crippen LogP contribution in [0, 0.1) is 12.7 Å². The van der Waals surface area contributed by atoms with E-state index in [-0.39, 0.29) is 22.6 Å². The average Bonchev–Trinajstić information content (AvgIpc) is 2.84. The SMILES string of the molecule is Cc1ccc(F)c(-c2nc3nccc(C(=O)O)c3[nH]2)c1. The number of aryl methyl sites for hydroxylation is 1. The highest BCUT2D eigenvalue weighted by molar-refractivity contribution is 6.00. The van der Waals surface area contributed by atoms with Crippen molar-refractivity contribution in [3.63, 3.8) is 0 Å². The van der Waals surface area contributed by atoms with E-state index in [0.717, 1.165) is 5.56 Å². The Morgan fingerprint density at radius 3 is 2.90 bits per heavy atom. The number of carbonyl (C=O) groups is 1. The second-order valence-corrected chi connectivity index (χ2v) is 4.43. The van der Waals surface area contributed by atoms with Crippen LogP contribution in [0.15, 0.2) is 30.5 Å². The molecule has 5 nitrogen and oxygen atoms in total. The van der Waals surface area contributed by atoms with E-state index in [0.29, 0.717) is 5.56 Å². The molecule has 3 rings (SSSR count). The fourth-order valence-corrected chi connectivity index (χ4v) is 2.04. The number of imidazole rings is 1. The second-order valence-electron chi connectivity index (χ2n) is 4.43. The number of aromatic carboxylic acids is 1. The van der Waals surface area contributed by atoms with Gasteiger partial charge >= 0.3 is 5.97 Å². The Balaban J connectivity index is 2.26. The van der Waals surface area contributed by atoms with Gasteiger partial charge in [0.25, 0.3) is 0 Å². The summed E-state index contributed by atoms with van der Waals surface area (Å²) in [7, 11) is 0. The molecule has 2 aromatic heterocycles. The van der Waals surface area contributed by atoms with Gasteiger partial charge in [-0.3, -0.25) is 0 Å². The lowest BCUT2D eigenvalue weighted by molar-refractivity contribution is 0.0698. The highest BCUT2D eigenvalue weighted by Crippen LogP contribution is 2.24. The summed E-state index contributed by atoms with van der Waals surface area (Å²) < 4.78 is 13.8. The number of halogens is 1. The molecule has 0 unspecified atom stereocenters. The molecule has 100 valence electrons. The molecule has 2 heterocycles. The van der Waals surface area contributed by atoms with Crippen LogP contribution >= 0.6 is 0 Å². The fourth-order valence-electron chi connectivity index (χ4n) is 2.04. The molecular weight excluding hydrogens is 261 g/mol. The fraction of sp³-hybridized carbons (Fsp3) is 0.0714. The number of carboxylic acids is 1. The summed E-state index contributed by atoms with van der Waals surface area (Å²) >= 11 is 0. The Bertz CT molecular complexity index is 826. The number of nitrogens with zero attached hydrogens (tertiary/aromatic N) is 2. The Kier molecular flexibility index (Phi) is 2.71. The summed E-state index contributed by atoms with van der Waals surface area (Å²) in [5, 5.41) is 9.11. The number of carboxylic acid groups (broad SMARTS) is 1. The van der Waals surface area contributed by atoms with Gasteiger partial charge in [0.15, 0.2) is 5.65 Å². The minimum Gasteiger partial charge on any atom is -0.478 e. The maximum atomic E-state index is 13.8. The van der Waals surface area contributed by atoms with Crippen molar-refractivity contribution in [1.82, 2.24) is 15.0 Å². The molecule has 20 heavy (non-hydrogen) atoms. The number of nitrogens with one attached hydrogen (secondary N) is 1. The van der Waals surface area contributed by atoms with E-state index in [4.69, 9.17) is 5.11 Å². The van der Waals surface area contributed by atoms with Crippen molar-refractivity contribution in [1.29, 1.82) is 0 Å². The molecule has 0 saturated heterocycles. The van der Waals surface area contributed by atoms with E-state index in [1.807, 2.05) is 6.92 Å². The van der Waals surface area contributed by atoms with Crippen LogP contribution in [0.5, 0.6) is 0 Å². The van der Waals surface area contributed by atoms with Crippen LogP contribution < -0.4 is 0 Å². The van der Waals surface area contributed by atoms with E-state index in [9.17, 15) is 9.18 Å². The van der Waals surface area contributed by atoms with Gasteiger partial charge in [-0.15, -0.1) is 0 Å². The molecule has 0 aliphatic heterocycles. The first kappa shape index (κ1) is 12.3. The molecule has 1 aromatic carbocycles. The Morgan fingerprint density at radius 1 is 1.35 bits per heavy atom. The van der Waals surface area contributed by atoms with Gasteiger partial charge in [0, 0.05) is 6.20 Å². The molecule has 0 saturated carbocycles. The van der Waals surface area contributed by atoms with Gasteiger partial charge in [0.2, 0.25) is 0 Å².